The summed E-state index contributed by atoms with van der Waals surface area (Å²) in [5, 5.41) is 6.74. The van der Waals surface area contributed by atoms with E-state index >= 15 is 0 Å². The molecule has 27 heavy (non-hydrogen) atoms. The van der Waals surface area contributed by atoms with Crippen molar-refractivity contribution in [2.24, 2.45) is 10.9 Å². The van der Waals surface area contributed by atoms with E-state index in [2.05, 4.69) is 15.6 Å². The summed E-state index contributed by atoms with van der Waals surface area (Å²) in [6.45, 7) is 4.90. The lowest BCUT2D eigenvalue weighted by molar-refractivity contribution is 0.0888. The van der Waals surface area contributed by atoms with Gasteiger partial charge in [0.1, 0.15) is 5.82 Å². The van der Waals surface area contributed by atoms with Crippen LogP contribution in [-0.4, -0.2) is 52.5 Å². The molecular weight excluding hydrogens is 460 g/mol. The highest BCUT2D eigenvalue weighted by molar-refractivity contribution is 14.0. The average Bonchev–Trinajstić information content (AvgIpc) is 3.27. The van der Waals surface area contributed by atoms with Crippen molar-refractivity contribution in [3.63, 3.8) is 0 Å². The van der Waals surface area contributed by atoms with E-state index in [1.54, 1.807) is 19.2 Å². The topological polar surface area (TPSA) is 54.9 Å². The Morgan fingerprint density at radius 2 is 2.07 bits per heavy atom. The molecule has 1 atom stereocenters. The Morgan fingerprint density at radius 1 is 1.30 bits per heavy atom. The van der Waals surface area contributed by atoms with Gasteiger partial charge >= 0.3 is 0 Å². The van der Waals surface area contributed by atoms with Crippen LogP contribution in [0.5, 0.6) is 0 Å². The molecule has 3 rings (SSSR count). The van der Waals surface area contributed by atoms with Crippen molar-refractivity contribution in [1.82, 2.24) is 10.6 Å². The fourth-order valence-electron chi connectivity index (χ4n) is 3.34. The van der Waals surface area contributed by atoms with Gasteiger partial charge in [-0.1, -0.05) is 12.1 Å². The van der Waals surface area contributed by atoms with E-state index in [1.165, 1.54) is 5.56 Å². The number of rotatable bonds is 9. The molecule has 5 nitrogen and oxygen atoms in total. The highest BCUT2D eigenvalue weighted by atomic mass is 127. The Hall–Kier alpha value is -0.930. The zero-order valence-electron chi connectivity index (χ0n) is 16.0. The molecule has 2 N–H and O–H groups in total. The summed E-state index contributed by atoms with van der Waals surface area (Å²) in [5.74, 6) is 1.19. The first-order valence-corrected chi connectivity index (χ1v) is 9.58. The van der Waals surface area contributed by atoms with Gasteiger partial charge in [0.25, 0.3) is 0 Å². The van der Waals surface area contributed by atoms with Crippen LogP contribution in [0.1, 0.15) is 31.2 Å². The van der Waals surface area contributed by atoms with Crippen molar-refractivity contribution in [3.8, 4) is 0 Å². The number of guanidine groups is 1. The fraction of sp³-hybridized carbons (Fsp3) is 0.650. The molecule has 2 fully saturated rings. The molecule has 7 heteroatoms. The van der Waals surface area contributed by atoms with Crippen LogP contribution in [0.3, 0.4) is 0 Å². The molecule has 0 radical (unpaired) electrons. The second-order valence-corrected chi connectivity index (χ2v) is 7.30. The van der Waals surface area contributed by atoms with Gasteiger partial charge in [0.05, 0.1) is 13.2 Å². The number of nitrogens with one attached hydrogen (secondary N) is 2. The van der Waals surface area contributed by atoms with Gasteiger partial charge in [-0.15, -0.1) is 24.0 Å². The molecule has 1 unspecified atom stereocenters. The number of hydrogen-bond acceptors (Lipinski definition) is 3. The van der Waals surface area contributed by atoms with Crippen molar-refractivity contribution in [2.75, 3.05) is 46.6 Å². The van der Waals surface area contributed by atoms with Gasteiger partial charge in [-0.05, 0) is 43.4 Å². The third-order valence-corrected chi connectivity index (χ3v) is 5.26. The second-order valence-electron chi connectivity index (χ2n) is 7.30. The van der Waals surface area contributed by atoms with Crippen LogP contribution in [0.4, 0.5) is 4.39 Å². The Bertz CT molecular complexity index is 587. The van der Waals surface area contributed by atoms with Crippen LogP contribution in [0.2, 0.25) is 0 Å². The largest absolute Gasteiger partial charge is 0.381 e. The second kappa shape index (κ2) is 11.2. The third-order valence-electron chi connectivity index (χ3n) is 5.26. The lowest BCUT2D eigenvalue weighted by atomic mass is 9.96. The zero-order chi connectivity index (χ0) is 18.2. The number of nitrogens with zero attached hydrogens (tertiary/aromatic N) is 1. The SMILES string of the molecule is CN=C(NCCCOCC1CCOC1)NCC1(c2ccc(F)cc2)CC1.I. The van der Waals surface area contributed by atoms with Gasteiger partial charge in [0.2, 0.25) is 0 Å². The Labute approximate surface area is 178 Å². The maximum atomic E-state index is 13.1. The van der Waals surface area contributed by atoms with Crippen LogP contribution < -0.4 is 10.6 Å². The summed E-state index contributed by atoms with van der Waals surface area (Å²) in [6, 6.07) is 6.88. The zero-order valence-corrected chi connectivity index (χ0v) is 18.3. The van der Waals surface area contributed by atoms with Crippen LogP contribution in [-0.2, 0) is 14.9 Å². The van der Waals surface area contributed by atoms with E-state index < -0.39 is 0 Å². The van der Waals surface area contributed by atoms with Crippen LogP contribution in [0.25, 0.3) is 0 Å². The number of halogens is 2. The average molecular weight is 491 g/mol. The monoisotopic (exact) mass is 491 g/mol. The first kappa shape index (κ1) is 22.4. The van der Waals surface area contributed by atoms with Gasteiger partial charge in [-0.3, -0.25) is 4.99 Å². The van der Waals surface area contributed by atoms with Gasteiger partial charge in [-0.2, -0.15) is 0 Å². The Balaban J connectivity index is 0.00000261. The van der Waals surface area contributed by atoms with E-state index in [0.717, 1.165) is 71.2 Å². The predicted octanol–water partition coefficient (Wildman–Crippen LogP) is 3.08. The van der Waals surface area contributed by atoms with Gasteiger partial charge < -0.3 is 20.1 Å². The maximum absolute atomic E-state index is 13.1. The number of hydrogen-bond donors (Lipinski definition) is 2. The molecule has 1 aromatic carbocycles. The molecule has 1 saturated carbocycles. The molecule has 0 aromatic heterocycles. The molecule has 1 aliphatic heterocycles. The van der Waals surface area contributed by atoms with Crippen LogP contribution in [0, 0.1) is 11.7 Å². The standard InChI is InChI=1S/C20H30FN3O2.HI/c1-22-19(23-10-2-11-25-13-16-7-12-26-14-16)24-15-20(8-9-20)17-3-5-18(21)6-4-17;/h3-6,16H,2,7-15H2,1H3,(H2,22,23,24);1H. The number of aliphatic imine (C=N–C) groups is 1. The third kappa shape index (κ3) is 6.87. The molecule has 1 aliphatic carbocycles. The quantitative estimate of drug-likeness (QED) is 0.241. The predicted molar refractivity (Wildman–Crippen MR) is 116 cm³/mol. The van der Waals surface area contributed by atoms with Crippen molar-refractivity contribution >= 4 is 29.9 Å². The fourth-order valence-corrected chi connectivity index (χ4v) is 3.34. The van der Waals surface area contributed by atoms with Crippen molar-refractivity contribution in [2.45, 2.75) is 31.1 Å². The summed E-state index contributed by atoms with van der Waals surface area (Å²) in [6.07, 6.45) is 4.31. The normalized spacial score (nSPS) is 20.8. The van der Waals surface area contributed by atoms with E-state index in [0.29, 0.717) is 5.92 Å². The van der Waals surface area contributed by atoms with Crippen LogP contribution >= 0.6 is 24.0 Å². The minimum absolute atomic E-state index is 0. The Kier molecular flexibility index (Phi) is 9.25. The summed E-state index contributed by atoms with van der Waals surface area (Å²) in [5.41, 5.74) is 1.32. The molecule has 1 aromatic rings. The number of ether oxygens (including phenoxy) is 2. The molecule has 152 valence electrons. The highest BCUT2D eigenvalue weighted by Gasteiger charge is 2.44. The lowest BCUT2D eigenvalue weighted by Crippen LogP contribution is -2.41. The smallest absolute Gasteiger partial charge is 0.191 e. The van der Waals surface area contributed by atoms with Gasteiger partial charge in [0, 0.05) is 44.7 Å². The molecule has 1 heterocycles. The molecule has 0 amide bonds. The summed E-state index contributed by atoms with van der Waals surface area (Å²) in [4.78, 5) is 4.28. The molecule has 1 saturated heterocycles. The minimum atomic E-state index is -0.183. The Morgan fingerprint density at radius 3 is 2.70 bits per heavy atom. The lowest BCUT2D eigenvalue weighted by Gasteiger charge is -2.19. The van der Waals surface area contributed by atoms with Gasteiger partial charge in [-0.25, -0.2) is 4.39 Å². The highest BCUT2D eigenvalue weighted by Crippen LogP contribution is 2.47. The van der Waals surface area contributed by atoms with E-state index in [4.69, 9.17) is 9.47 Å². The van der Waals surface area contributed by atoms with Crippen molar-refractivity contribution in [1.29, 1.82) is 0 Å². The molecule has 0 bridgehead atoms. The van der Waals surface area contributed by atoms with E-state index in [1.807, 2.05) is 12.1 Å². The summed E-state index contributed by atoms with van der Waals surface area (Å²) >= 11 is 0. The summed E-state index contributed by atoms with van der Waals surface area (Å²) in [7, 11) is 1.78. The van der Waals surface area contributed by atoms with E-state index in [9.17, 15) is 4.39 Å². The maximum Gasteiger partial charge on any atom is 0.191 e. The first-order chi connectivity index (χ1) is 12.7. The van der Waals surface area contributed by atoms with Crippen molar-refractivity contribution < 1.29 is 13.9 Å². The molecule has 0 spiro atoms. The number of benzene rings is 1. The molecular formula is C20H31FIN3O2. The summed E-state index contributed by atoms with van der Waals surface area (Å²) < 4.78 is 24.2. The van der Waals surface area contributed by atoms with E-state index in [-0.39, 0.29) is 35.2 Å². The van der Waals surface area contributed by atoms with Crippen molar-refractivity contribution in [3.05, 3.63) is 35.6 Å². The van der Waals surface area contributed by atoms with Gasteiger partial charge in [0.15, 0.2) is 5.96 Å². The minimum Gasteiger partial charge on any atom is -0.381 e. The first-order valence-electron chi connectivity index (χ1n) is 9.58. The molecule has 2 aliphatic rings. The van der Waals surface area contributed by atoms with Crippen LogP contribution in [0.15, 0.2) is 29.3 Å².